The molecule has 2 aliphatic rings. The summed E-state index contributed by atoms with van der Waals surface area (Å²) < 4.78 is 114. The normalized spacial score (nSPS) is 19.1. The first-order valence-corrected chi connectivity index (χ1v) is 27.3. The molecule has 6 aromatic rings. The summed E-state index contributed by atoms with van der Waals surface area (Å²) in [4.78, 5) is 51.4. The summed E-state index contributed by atoms with van der Waals surface area (Å²) in [5.41, 5.74) is -1.58. The lowest BCUT2D eigenvalue weighted by Gasteiger charge is -2.37. The first kappa shape index (κ1) is 54.0. The van der Waals surface area contributed by atoms with Crippen LogP contribution < -0.4 is 0 Å². The second kappa shape index (κ2) is 21.9. The van der Waals surface area contributed by atoms with E-state index in [1.165, 1.54) is 48.5 Å². The van der Waals surface area contributed by atoms with Gasteiger partial charge in [0.25, 0.3) is 12.2 Å². The molecule has 2 aliphatic heterocycles. The maximum absolute atomic E-state index is 16.1. The minimum atomic E-state index is -4.43. The van der Waals surface area contributed by atoms with Crippen LogP contribution in [0, 0.1) is 0 Å². The molecule has 0 amide bonds. The number of Topliss-reactive ketones (excluding diaryl/α,β-unsaturated/α-hetero) is 1. The van der Waals surface area contributed by atoms with Crippen LogP contribution in [0.1, 0.15) is 46.2 Å². The average Bonchev–Trinajstić information content (AvgIpc) is 4.04. The van der Waals surface area contributed by atoms with Crippen molar-refractivity contribution in [2.45, 2.75) is 57.1 Å². The van der Waals surface area contributed by atoms with E-state index in [4.69, 9.17) is 0 Å². The van der Waals surface area contributed by atoms with Crippen molar-refractivity contribution in [2.75, 3.05) is 26.2 Å². The Hall–Kier alpha value is -6.23. The van der Waals surface area contributed by atoms with Gasteiger partial charge < -0.3 is 10.2 Å². The number of halogens is 6. The molecule has 4 heterocycles. The predicted octanol–water partition coefficient (Wildman–Crippen LogP) is 9.63. The third-order valence-corrected chi connectivity index (χ3v) is 19.8. The number of carbonyl (C=O) groups is 3. The van der Waals surface area contributed by atoms with E-state index in [0.717, 1.165) is 24.3 Å². The Morgan fingerprint density at radius 2 is 0.905 bits per heavy atom. The molecule has 8 rings (SSSR count). The van der Waals surface area contributed by atoms with E-state index < -0.39 is 82.3 Å². The largest absolute Gasteiger partial charge is 0.477 e. The summed E-state index contributed by atoms with van der Waals surface area (Å²) in [7, 11) is -8.87. The highest BCUT2D eigenvalue weighted by molar-refractivity contribution is 9.10. The number of carbonyl (C=O) groups excluding carboxylic acids is 1. The molecular weight excluding hydrogens is 1140 g/mol. The number of pyridine rings is 2. The fraction of sp³-hybridized carbons (Fsp3) is 0.226. The van der Waals surface area contributed by atoms with E-state index in [1.807, 2.05) is 0 Å². The number of hydrogen-bond acceptors (Lipinski definition) is 11. The van der Waals surface area contributed by atoms with Crippen molar-refractivity contribution in [3.05, 3.63) is 201 Å². The van der Waals surface area contributed by atoms with Crippen molar-refractivity contribution >= 4 is 80.4 Å². The van der Waals surface area contributed by atoms with Crippen LogP contribution in [0.3, 0.4) is 0 Å². The number of sulfone groups is 2. The number of carboxylic acids is 2. The van der Waals surface area contributed by atoms with Crippen LogP contribution in [0.15, 0.2) is 177 Å². The van der Waals surface area contributed by atoms with Crippen molar-refractivity contribution in [1.82, 2.24) is 19.8 Å². The lowest BCUT2D eigenvalue weighted by molar-refractivity contribution is -0.131. The predicted molar refractivity (Wildman–Crippen MR) is 273 cm³/mol. The first-order valence-electron chi connectivity index (χ1n) is 22.8. The maximum Gasteiger partial charge on any atom is 0.341 e. The van der Waals surface area contributed by atoms with Crippen LogP contribution in [0.2, 0.25) is 0 Å². The van der Waals surface area contributed by atoms with Gasteiger partial charge in [0.1, 0.15) is 20.6 Å². The molecule has 0 spiro atoms. The molecule has 2 saturated heterocycles. The molecule has 13 nitrogen and oxygen atoms in total. The molecule has 384 valence electrons. The Bertz CT molecular complexity index is 3180. The van der Waals surface area contributed by atoms with E-state index >= 15 is 21.6 Å². The number of ketones is 1. The van der Waals surface area contributed by atoms with E-state index in [1.54, 1.807) is 83.1 Å². The smallest absolute Gasteiger partial charge is 0.341 e. The van der Waals surface area contributed by atoms with Crippen LogP contribution in [0.4, 0.5) is 17.6 Å². The molecule has 21 heteroatoms. The standard InChI is InChI=1S/C53H44Br2F4N4O9S2/c54-39-3-1-5-41(29-39)73(69,70)52(37-11-7-35(8-12-37)45(48(56)57)50(65)66)19-25-62(31-52)43(27-33-15-21-60-22-16-33)47(64)44(28-34-17-23-61-24-18-34)63-26-20-53(32-63,74(71,72)42-6-2-4-40(55)30-42)38-13-9-36(10-14-38)46(49(58)59)51(67)68/h1-18,21-24,29-30,43-44H,19-20,25-28,31-32H2,(H,65,66)(H,67,68). The van der Waals surface area contributed by atoms with Crippen LogP contribution in [0.5, 0.6) is 0 Å². The summed E-state index contributed by atoms with van der Waals surface area (Å²) in [6.45, 7) is -0.581. The van der Waals surface area contributed by atoms with Crippen molar-refractivity contribution in [1.29, 1.82) is 0 Å². The number of aliphatic carboxylic acids is 2. The van der Waals surface area contributed by atoms with Crippen molar-refractivity contribution in [3.63, 3.8) is 0 Å². The second-order valence-electron chi connectivity index (χ2n) is 17.9. The fourth-order valence-corrected chi connectivity index (χ4v) is 15.5. The van der Waals surface area contributed by atoms with Crippen molar-refractivity contribution < 1.29 is 59.0 Å². The lowest BCUT2D eigenvalue weighted by atomic mass is 9.91. The number of likely N-dealkylation sites (tertiary alicyclic amines) is 2. The van der Waals surface area contributed by atoms with Gasteiger partial charge in [0, 0.05) is 59.9 Å². The highest BCUT2D eigenvalue weighted by atomic mass is 79.9. The zero-order chi connectivity index (χ0) is 53.2. The van der Waals surface area contributed by atoms with Crippen LogP contribution in [0.25, 0.3) is 11.1 Å². The molecule has 74 heavy (non-hydrogen) atoms. The van der Waals surface area contributed by atoms with Gasteiger partial charge in [-0.3, -0.25) is 24.6 Å². The molecule has 4 aromatic carbocycles. The summed E-state index contributed by atoms with van der Waals surface area (Å²) in [6, 6.07) is 26.5. The van der Waals surface area contributed by atoms with E-state index in [-0.39, 0.29) is 83.9 Å². The van der Waals surface area contributed by atoms with Crippen molar-refractivity contribution in [2.24, 2.45) is 0 Å². The highest BCUT2D eigenvalue weighted by Gasteiger charge is 2.56. The molecule has 2 N–H and O–H groups in total. The molecule has 4 unspecified atom stereocenters. The summed E-state index contributed by atoms with van der Waals surface area (Å²) in [5, 5.41) is 19.2. The SMILES string of the molecule is O=C(O)C(=C(F)F)c1ccc(C2(S(=O)(=O)c3cccc(Br)c3)CCN(C(Cc3ccncc3)C(=O)C(Cc3ccncc3)N3CCC(c4ccc(C(C(=O)O)=C(F)F)cc4)(S(=O)(=O)c4cccc(Br)c4)C3)C2)cc1. The zero-order valence-electron chi connectivity index (χ0n) is 38.8. The third kappa shape index (κ3) is 10.5. The zero-order valence-corrected chi connectivity index (χ0v) is 43.6. The topological polar surface area (TPSA) is 192 Å². The Labute approximate surface area is 440 Å². The minimum Gasteiger partial charge on any atom is -0.477 e. The Morgan fingerprint density at radius 3 is 1.22 bits per heavy atom. The van der Waals surface area contributed by atoms with Crippen LogP contribution in [-0.4, -0.2) is 103 Å². The number of nitrogens with zero attached hydrogens (tertiary/aromatic N) is 4. The van der Waals surface area contributed by atoms with Gasteiger partial charge in [-0.25, -0.2) is 26.4 Å². The van der Waals surface area contributed by atoms with E-state index in [0.29, 0.717) is 20.1 Å². The molecule has 2 fully saturated rings. The Morgan fingerprint density at radius 1 is 0.554 bits per heavy atom. The van der Waals surface area contributed by atoms with Gasteiger partial charge in [0.05, 0.1) is 21.9 Å². The van der Waals surface area contributed by atoms with Gasteiger partial charge in [0.15, 0.2) is 25.5 Å². The molecule has 0 radical (unpaired) electrons. The molecule has 4 atom stereocenters. The van der Waals surface area contributed by atoms with Gasteiger partial charge >= 0.3 is 11.9 Å². The van der Waals surface area contributed by atoms with Gasteiger partial charge in [-0.2, -0.15) is 17.6 Å². The van der Waals surface area contributed by atoms with E-state index in [9.17, 15) is 37.4 Å². The molecule has 2 aromatic heterocycles. The Balaban J connectivity index is 1.25. The lowest BCUT2D eigenvalue weighted by Crippen LogP contribution is -2.54. The summed E-state index contributed by atoms with van der Waals surface area (Å²) in [6.07, 6.45) is 1.15. The summed E-state index contributed by atoms with van der Waals surface area (Å²) >= 11 is 6.74. The maximum atomic E-state index is 16.1. The van der Waals surface area contributed by atoms with Crippen LogP contribution in [-0.2, 0) is 56.4 Å². The fourth-order valence-electron chi connectivity index (χ4n) is 10.1. The quantitative estimate of drug-likeness (QED) is 0.0611. The molecule has 0 aliphatic carbocycles. The Kier molecular flexibility index (Phi) is 16.0. The molecule has 0 saturated carbocycles. The number of rotatable bonds is 18. The molecule has 0 bridgehead atoms. The third-order valence-electron chi connectivity index (χ3n) is 13.9. The van der Waals surface area contributed by atoms with Gasteiger partial charge in [-0.15, -0.1) is 0 Å². The monoisotopic (exact) mass is 1180 g/mol. The van der Waals surface area contributed by atoms with E-state index in [2.05, 4.69) is 41.8 Å². The number of hydrogen-bond donors (Lipinski definition) is 2. The second-order valence-corrected chi connectivity index (χ2v) is 24.3. The van der Waals surface area contributed by atoms with Crippen molar-refractivity contribution in [3.8, 4) is 0 Å². The summed E-state index contributed by atoms with van der Waals surface area (Å²) in [5.74, 6) is -4.16. The average molecular weight is 1180 g/mol. The van der Waals surface area contributed by atoms with Gasteiger partial charge in [-0.05, 0) is 120 Å². The number of benzene rings is 4. The minimum absolute atomic E-state index is 0.0115. The molecular formula is C53H44Br2F4N4O9S2. The number of carboxylic acid groups (broad SMARTS) is 2. The van der Waals surface area contributed by atoms with Gasteiger partial charge in [0.2, 0.25) is 0 Å². The number of aromatic nitrogens is 2. The highest BCUT2D eigenvalue weighted by Crippen LogP contribution is 2.48. The first-order chi connectivity index (χ1) is 35.2. The van der Waals surface area contributed by atoms with Gasteiger partial charge in [-0.1, -0.05) is 92.5 Å². The van der Waals surface area contributed by atoms with Crippen LogP contribution >= 0.6 is 31.9 Å².